The molecule has 0 saturated carbocycles. The highest BCUT2D eigenvalue weighted by molar-refractivity contribution is 5.98. The Bertz CT molecular complexity index is 1060. The number of anilines is 2. The number of rotatable bonds is 3. The van der Waals surface area contributed by atoms with Crippen molar-refractivity contribution in [3.63, 3.8) is 0 Å². The van der Waals surface area contributed by atoms with Crippen molar-refractivity contribution >= 4 is 22.6 Å². The van der Waals surface area contributed by atoms with Crippen LogP contribution in [0.4, 0.5) is 20.3 Å². The third kappa shape index (κ3) is 2.91. The summed E-state index contributed by atoms with van der Waals surface area (Å²) in [6.45, 7) is 1.97. The average molecular weight is 338 g/mol. The molecule has 2 aromatic carbocycles. The van der Waals surface area contributed by atoms with Gasteiger partial charge >= 0.3 is 0 Å². The van der Waals surface area contributed by atoms with Crippen molar-refractivity contribution in [2.75, 3.05) is 5.32 Å². The van der Waals surface area contributed by atoms with E-state index in [9.17, 15) is 8.78 Å². The highest BCUT2D eigenvalue weighted by Crippen LogP contribution is 2.33. The zero-order valence-electron chi connectivity index (χ0n) is 13.1. The van der Waals surface area contributed by atoms with Crippen LogP contribution in [0.2, 0.25) is 0 Å². The minimum Gasteiger partial charge on any atom is -0.339 e. The molecular weight excluding hydrogens is 326 g/mol. The van der Waals surface area contributed by atoms with Gasteiger partial charge in [0.05, 0.1) is 0 Å². The summed E-state index contributed by atoms with van der Waals surface area (Å²) in [5.41, 5.74) is 2.64. The van der Waals surface area contributed by atoms with E-state index < -0.39 is 11.6 Å². The van der Waals surface area contributed by atoms with Crippen LogP contribution in [0.1, 0.15) is 5.56 Å². The van der Waals surface area contributed by atoms with E-state index in [0.717, 1.165) is 17.3 Å². The van der Waals surface area contributed by atoms with Gasteiger partial charge in [-0.1, -0.05) is 17.3 Å². The SMILES string of the molecule is Cc1cccc(Nc2ncnc3onc(-c4cc(F)cc(F)c4)c23)c1. The molecule has 0 saturated heterocycles. The Hall–Kier alpha value is -3.35. The number of halogens is 2. The third-order valence-corrected chi connectivity index (χ3v) is 3.69. The van der Waals surface area contributed by atoms with Gasteiger partial charge < -0.3 is 9.84 Å². The van der Waals surface area contributed by atoms with Gasteiger partial charge in [0.25, 0.3) is 5.71 Å². The number of benzene rings is 2. The predicted octanol–water partition coefficient (Wildman–Crippen LogP) is 4.62. The van der Waals surface area contributed by atoms with Gasteiger partial charge in [-0.25, -0.2) is 13.8 Å². The number of aryl methyl sites for hydroxylation is 1. The Labute approximate surface area is 141 Å². The van der Waals surface area contributed by atoms with Crippen LogP contribution in [0.15, 0.2) is 53.3 Å². The monoisotopic (exact) mass is 338 g/mol. The molecule has 0 aliphatic carbocycles. The highest BCUT2D eigenvalue weighted by Gasteiger charge is 2.18. The van der Waals surface area contributed by atoms with Crippen LogP contribution in [0.3, 0.4) is 0 Å². The fraction of sp³-hybridized carbons (Fsp3) is 0.0556. The third-order valence-electron chi connectivity index (χ3n) is 3.69. The van der Waals surface area contributed by atoms with Crippen LogP contribution in [0.25, 0.3) is 22.4 Å². The lowest BCUT2D eigenvalue weighted by molar-refractivity contribution is 0.451. The van der Waals surface area contributed by atoms with Crippen molar-refractivity contribution in [1.29, 1.82) is 0 Å². The Morgan fingerprint density at radius 2 is 1.80 bits per heavy atom. The van der Waals surface area contributed by atoms with Gasteiger partial charge in [0, 0.05) is 17.3 Å². The lowest BCUT2D eigenvalue weighted by atomic mass is 10.1. The van der Waals surface area contributed by atoms with Crippen LogP contribution < -0.4 is 5.32 Å². The van der Waals surface area contributed by atoms with Gasteiger partial charge in [0.1, 0.15) is 34.9 Å². The van der Waals surface area contributed by atoms with Crippen molar-refractivity contribution in [2.24, 2.45) is 0 Å². The lowest BCUT2D eigenvalue weighted by Gasteiger charge is -2.07. The fourth-order valence-electron chi connectivity index (χ4n) is 2.63. The normalized spacial score (nSPS) is 11.0. The van der Waals surface area contributed by atoms with Crippen LogP contribution in [-0.4, -0.2) is 15.1 Å². The zero-order valence-corrected chi connectivity index (χ0v) is 13.1. The molecule has 4 rings (SSSR count). The van der Waals surface area contributed by atoms with E-state index in [0.29, 0.717) is 11.2 Å². The number of nitrogens with zero attached hydrogens (tertiary/aromatic N) is 3. The predicted molar refractivity (Wildman–Crippen MR) is 89.4 cm³/mol. The smallest absolute Gasteiger partial charge is 0.263 e. The van der Waals surface area contributed by atoms with Gasteiger partial charge in [-0.15, -0.1) is 0 Å². The maximum atomic E-state index is 13.6. The molecule has 124 valence electrons. The average Bonchev–Trinajstić information content (AvgIpc) is 2.99. The van der Waals surface area contributed by atoms with E-state index in [1.807, 2.05) is 31.2 Å². The van der Waals surface area contributed by atoms with Crippen LogP contribution in [-0.2, 0) is 0 Å². The number of aromatic nitrogens is 3. The molecule has 0 aliphatic heterocycles. The first kappa shape index (κ1) is 15.2. The number of hydrogen-bond donors (Lipinski definition) is 1. The molecule has 0 aliphatic rings. The van der Waals surface area contributed by atoms with Gasteiger partial charge in [-0.2, -0.15) is 4.98 Å². The molecule has 0 radical (unpaired) electrons. The van der Waals surface area contributed by atoms with Crippen LogP contribution >= 0.6 is 0 Å². The van der Waals surface area contributed by atoms with Crippen molar-refractivity contribution in [2.45, 2.75) is 6.92 Å². The van der Waals surface area contributed by atoms with Crippen LogP contribution in [0, 0.1) is 18.6 Å². The van der Waals surface area contributed by atoms with Crippen molar-refractivity contribution in [3.05, 3.63) is 66.0 Å². The lowest BCUT2D eigenvalue weighted by Crippen LogP contribution is -1.96. The summed E-state index contributed by atoms with van der Waals surface area (Å²) < 4.78 is 32.3. The van der Waals surface area contributed by atoms with E-state index in [1.165, 1.54) is 18.5 Å². The minimum absolute atomic E-state index is 0.227. The first-order valence-corrected chi connectivity index (χ1v) is 7.51. The molecule has 0 unspecified atom stereocenters. The van der Waals surface area contributed by atoms with E-state index in [4.69, 9.17) is 4.52 Å². The molecule has 0 spiro atoms. The van der Waals surface area contributed by atoms with Crippen molar-refractivity contribution in [3.8, 4) is 11.3 Å². The summed E-state index contributed by atoms with van der Waals surface area (Å²) in [4.78, 5) is 8.25. The number of fused-ring (bicyclic) bond motifs is 1. The summed E-state index contributed by atoms with van der Waals surface area (Å²) in [7, 11) is 0. The summed E-state index contributed by atoms with van der Waals surface area (Å²) in [5, 5.41) is 7.54. The van der Waals surface area contributed by atoms with Gasteiger partial charge in [-0.05, 0) is 36.8 Å². The first-order chi connectivity index (χ1) is 12.1. The molecule has 0 bridgehead atoms. The molecule has 2 heterocycles. The Morgan fingerprint density at radius 1 is 1.00 bits per heavy atom. The summed E-state index contributed by atoms with van der Waals surface area (Å²) in [6.07, 6.45) is 1.33. The summed E-state index contributed by atoms with van der Waals surface area (Å²) >= 11 is 0. The highest BCUT2D eigenvalue weighted by atomic mass is 19.1. The minimum atomic E-state index is -0.698. The van der Waals surface area contributed by atoms with E-state index in [2.05, 4.69) is 20.4 Å². The topological polar surface area (TPSA) is 63.8 Å². The van der Waals surface area contributed by atoms with Gasteiger partial charge in [0.2, 0.25) is 0 Å². The van der Waals surface area contributed by atoms with Crippen molar-refractivity contribution < 1.29 is 13.3 Å². The molecule has 1 N–H and O–H groups in total. The number of hydrogen-bond acceptors (Lipinski definition) is 5. The molecule has 2 aromatic heterocycles. The molecule has 5 nitrogen and oxygen atoms in total. The fourth-order valence-corrected chi connectivity index (χ4v) is 2.63. The maximum absolute atomic E-state index is 13.6. The van der Waals surface area contributed by atoms with Gasteiger partial charge in [-0.3, -0.25) is 0 Å². The molecule has 7 heteroatoms. The molecule has 4 aromatic rings. The molecular formula is C18H12F2N4O. The quantitative estimate of drug-likeness (QED) is 0.591. The van der Waals surface area contributed by atoms with E-state index in [1.54, 1.807) is 0 Å². The molecule has 25 heavy (non-hydrogen) atoms. The zero-order chi connectivity index (χ0) is 17.4. The second-order valence-corrected chi connectivity index (χ2v) is 5.59. The Balaban J connectivity index is 1.87. The Kier molecular flexibility index (Phi) is 3.61. The maximum Gasteiger partial charge on any atom is 0.263 e. The van der Waals surface area contributed by atoms with E-state index in [-0.39, 0.29) is 17.0 Å². The standard InChI is InChI=1S/C18H12F2N4O/c1-10-3-2-4-14(5-10)23-17-15-16(24-25-18(15)22-9-21-17)11-6-12(19)8-13(20)7-11/h2-9H,1H3,(H,21,22,23). The number of nitrogens with one attached hydrogen (secondary N) is 1. The Morgan fingerprint density at radius 3 is 2.56 bits per heavy atom. The molecule has 0 amide bonds. The first-order valence-electron chi connectivity index (χ1n) is 7.51. The summed E-state index contributed by atoms with van der Waals surface area (Å²) in [6, 6.07) is 10.9. The van der Waals surface area contributed by atoms with E-state index >= 15 is 0 Å². The largest absolute Gasteiger partial charge is 0.339 e. The van der Waals surface area contributed by atoms with Crippen molar-refractivity contribution in [1.82, 2.24) is 15.1 Å². The summed E-state index contributed by atoms with van der Waals surface area (Å²) in [5.74, 6) is -0.955. The van der Waals surface area contributed by atoms with Gasteiger partial charge in [0.15, 0.2) is 0 Å². The van der Waals surface area contributed by atoms with Crippen LogP contribution in [0.5, 0.6) is 0 Å². The molecule has 0 atom stereocenters. The molecule has 0 fully saturated rings. The second kappa shape index (κ2) is 5.94. The second-order valence-electron chi connectivity index (χ2n) is 5.59.